The third kappa shape index (κ3) is 4.69. The Bertz CT molecular complexity index is 524. The first-order chi connectivity index (χ1) is 10.9. The zero-order chi connectivity index (χ0) is 16.9. The lowest BCUT2D eigenvalue weighted by Gasteiger charge is -2.39. The molecule has 0 unspecified atom stereocenters. The number of hydrogen-bond donors (Lipinski definition) is 0. The number of carbonyl (C=O) groups is 1. The highest BCUT2D eigenvalue weighted by Gasteiger charge is 2.33. The summed E-state index contributed by atoms with van der Waals surface area (Å²) >= 11 is 0. The lowest BCUT2D eigenvalue weighted by atomic mass is 9.88. The molecule has 1 aliphatic heterocycles. The topological polar surface area (TPSA) is 48.0 Å². The second kappa shape index (κ2) is 7.79. The van der Waals surface area contributed by atoms with E-state index in [-0.39, 0.29) is 17.4 Å². The van der Waals surface area contributed by atoms with E-state index in [1.165, 1.54) is 0 Å². The van der Waals surface area contributed by atoms with E-state index in [4.69, 9.17) is 14.2 Å². The molecule has 1 aliphatic rings. The SMILES string of the molecule is COCCOc1ccccc1C(=O)N1CCO[C@H](C(C)(C)C)C1. The van der Waals surface area contributed by atoms with Crippen LogP contribution in [0.15, 0.2) is 24.3 Å². The van der Waals surface area contributed by atoms with Gasteiger partial charge in [0, 0.05) is 20.2 Å². The standard InChI is InChI=1S/C18H27NO4/c1-18(2,3)16-13-19(9-10-23-16)17(20)14-7-5-6-8-15(14)22-12-11-21-4/h5-8,16H,9-13H2,1-4H3/t16-/m0/s1. The molecule has 23 heavy (non-hydrogen) atoms. The van der Waals surface area contributed by atoms with Crippen LogP contribution in [-0.2, 0) is 9.47 Å². The molecule has 1 aromatic carbocycles. The number of methoxy groups -OCH3 is 1. The Labute approximate surface area is 138 Å². The van der Waals surface area contributed by atoms with Crippen molar-refractivity contribution in [1.82, 2.24) is 4.90 Å². The van der Waals surface area contributed by atoms with E-state index in [1.807, 2.05) is 29.2 Å². The lowest BCUT2D eigenvalue weighted by Crippen LogP contribution is -2.50. The van der Waals surface area contributed by atoms with Crippen molar-refractivity contribution in [3.05, 3.63) is 29.8 Å². The molecule has 1 atom stereocenters. The van der Waals surface area contributed by atoms with Crippen molar-refractivity contribution in [3.8, 4) is 5.75 Å². The summed E-state index contributed by atoms with van der Waals surface area (Å²) in [6.45, 7) is 9.10. The molecule has 1 fully saturated rings. The second-order valence-corrected chi connectivity index (χ2v) is 6.81. The normalized spacial score (nSPS) is 18.8. The summed E-state index contributed by atoms with van der Waals surface area (Å²) in [5, 5.41) is 0. The molecule has 0 radical (unpaired) electrons. The molecule has 0 spiro atoms. The number of nitrogens with zero attached hydrogens (tertiary/aromatic N) is 1. The van der Waals surface area contributed by atoms with E-state index in [2.05, 4.69) is 20.8 Å². The van der Waals surface area contributed by atoms with Crippen LogP contribution >= 0.6 is 0 Å². The molecular formula is C18H27NO4. The fourth-order valence-corrected chi connectivity index (χ4v) is 2.53. The third-order valence-electron chi connectivity index (χ3n) is 3.98. The van der Waals surface area contributed by atoms with Crippen LogP contribution in [0.3, 0.4) is 0 Å². The molecule has 2 rings (SSSR count). The monoisotopic (exact) mass is 321 g/mol. The van der Waals surface area contributed by atoms with Gasteiger partial charge in [0.25, 0.3) is 5.91 Å². The summed E-state index contributed by atoms with van der Waals surface area (Å²) in [7, 11) is 1.63. The first-order valence-corrected chi connectivity index (χ1v) is 8.05. The van der Waals surface area contributed by atoms with Gasteiger partial charge in [-0.15, -0.1) is 0 Å². The Balaban J connectivity index is 2.10. The molecule has 0 bridgehead atoms. The number of morpholine rings is 1. The van der Waals surface area contributed by atoms with Crippen molar-refractivity contribution >= 4 is 5.91 Å². The summed E-state index contributed by atoms with van der Waals surface area (Å²) in [6.07, 6.45) is 0.0433. The minimum absolute atomic E-state index is 0.00410. The quantitative estimate of drug-likeness (QED) is 0.782. The highest BCUT2D eigenvalue weighted by atomic mass is 16.5. The first kappa shape index (κ1) is 17.8. The Morgan fingerprint density at radius 2 is 2.04 bits per heavy atom. The lowest BCUT2D eigenvalue weighted by molar-refractivity contribution is -0.0707. The zero-order valence-electron chi connectivity index (χ0n) is 14.5. The van der Waals surface area contributed by atoms with Crippen LogP contribution < -0.4 is 4.74 Å². The summed E-state index contributed by atoms with van der Waals surface area (Å²) in [6, 6.07) is 7.37. The predicted octanol–water partition coefficient (Wildman–Crippen LogP) is 2.60. The maximum absolute atomic E-state index is 12.9. The van der Waals surface area contributed by atoms with Crippen molar-refractivity contribution in [2.45, 2.75) is 26.9 Å². The molecular weight excluding hydrogens is 294 g/mol. The van der Waals surface area contributed by atoms with Gasteiger partial charge in [0.15, 0.2) is 0 Å². The molecule has 5 heteroatoms. The van der Waals surface area contributed by atoms with E-state index in [0.29, 0.717) is 44.2 Å². The van der Waals surface area contributed by atoms with Crippen LogP contribution in [0.1, 0.15) is 31.1 Å². The zero-order valence-corrected chi connectivity index (χ0v) is 14.5. The number of benzene rings is 1. The van der Waals surface area contributed by atoms with Gasteiger partial charge in [-0.1, -0.05) is 32.9 Å². The summed E-state index contributed by atoms with van der Waals surface area (Å²) < 4.78 is 16.5. The van der Waals surface area contributed by atoms with Gasteiger partial charge in [-0.2, -0.15) is 0 Å². The van der Waals surface area contributed by atoms with Crippen LogP contribution in [0.4, 0.5) is 0 Å². The predicted molar refractivity (Wildman–Crippen MR) is 88.9 cm³/mol. The Morgan fingerprint density at radius 3 is 2.74 bits per heavy atom. The maximum Gasteiger partial charge on any atom is 0.257 e. The molecule has 5 nitrogen and oxygen atoms in total. The second-order valence-electron chi connectivity index (χ2n) is 6.81. The number of amides is 1. The van der Waals surface area contributed by atoms with Gasteiger partial charge < -0.3 is 19.1 Å². The van der Waals surface area contributed by atoms with Crippen molar-refractivity contribution in [3.63, 3.8) is 0 Å². The summed E-state index contributed by atoms with van der Waals surface area (Å²) in [5.41, 5.74) is 0.603. The largest absolute Gasteiger partial charge is 0.490 e. The smallest absolute Gasteiger partial charge is 0.257 e. The number of hydrogen-bond acceptors (Lipinski definition) is 4. The molecule has 1 amide bonds. The van der Waals surface area contributed by atoms with E-state index < -0.39 is 0 Å². The highest BCUT2D eigenvalue weighted by Crippen LogP contribution is 2.27. The van der Waals surface area contributed by atoms with Gasteiger partial charge in [0.05, 0.1) is 24.9 Å². The molecule has 0 aliphatic carbocycles. The maximum atomic E-state index is 12.9. The highest BCUT2D eigenvalue weighted by molar-refractivity contribution is 5.97. The molecule has 128 valence electrons. The third-order valence-corrected chi connectivity index (χ3v) is 3.98. The molecule has 0 saturated carbocycles. The number of carbonyl (C=O) groups excluding carboxylic acids is 1. The fraction of sp³-hybridized carbons (Fsp3) is 0.611. The molecule has 1 saturated heterocycles. The van der Waals surface area contributed by atoms with Gasteiger partial charge in [-0.05, 0) is 17.5 Å². The van der Waals surface area contributed by atoms with Gasteiger partial charge in [-0.3, -0.25) is 4.79 Å². The summed E-state index contributed by atoms with van der Waals surface area (Å²) in [4.78, 5) is 14.7. The molecule has 0 aromatic heterocycles. The van der Waals surface area contributed by atoms with E-state index >= 15 is 0 Å². The molecule has 1 heterocycles. The fourth-order valence-electron chi connectivity index (χ4n) is 2.53. The minimum Gasteiger partial charge on any atom is -0.490 e. The summed E-state index contributed by atoms with van der Waals surface area (Å²) in [5.74, 6) is 0.601. The van der Waals surface area contributed by atoms with E-state index in [9.17, 15) is 4.79 Å². The Morgan fingerprint density at radius 1 is 1.30 bits per heavy atom. The van der Waals surface area contributed by atoms with Crippen molar-refractivity contribution in [1.29, 1.82) is 0 Å². The average molecular weight is 321 g/mol. The van der Waals surface area contributed by atoms with Crippen LogP contribution in [-0.4, -0.2) is 56.9 Å². The van der Waals surface area contributed by atoms with Crippen molar-refractivity contribution < 1.29 is 19.0 Å². The van der Waals surface area contributed by atoms with Gasteiger partial charge in [0.2, 0.25) is 0 Å². The van der Waals surface area contributed by atoms with Gasteiger partial charge in [-0.25, -0.2) is 0 Å². The van der Waals surface area contributed by atoms with E-state index in [1.54, 1.807) is 7.11 Å². The molecule has 1 aromatic rings. The van der Waals surface area contributed by atoms with Gasteiger partial charge >= 0.3 is 0 Å². The van der Waals surface area contributed by atoms with Crippen LogP contribution in [0.2, 0.25) is 0 Å². The van der Waals surface area contributed by atoms with Crippen molar-refractivity contribution in [2.24, 2.45) is 5.41 Å². The average Bonchev–Trinajstić information content (AvgIpc) is 2.54. The van der Waals surface area contributed by atoms with Crippen molar-refractivity contribution in [2.75, 3.05) is 40.0 Å². The van der Waals surface area contributed by atoms with Crippen LogP contribution in [0.5, 0.6) is 5.75 Å². The van der Waals surface area contributed by atoms with Crippen LogP contribution in [0.25, 0.3) is 0 Å². The number of para-hydroxylation sites is 1. The van der Waals surface area contributed by atoms with Crippen LogP contribution in [0, 0.1) is 5.41 Å². The minimum atomic E-state index is -0.00410. The number of rotatable bonds is 5. The molecule has 0 N–H and O–H groups in total. The first-order valence-electron chi connectivity index (χ1n) is 8.05. The van der Waals surface area contributed by atoms with E-state index in [0.717, 1.165) is 0 Å². The van der Waals surface area contributed by atoms with Gasteiger partial charge in [0.1, 0.15) is 12.4 Å². The Hall–Kier alpha value is -1.59. The Kier molecular flexibility index (Phi) is 6.02. The number of ether oxygens (including phenoxy) is 3.